The second kappa shape index (κ2) is 4.94. The summed E-state index contributed by atoms with van der Waals surface area (Å²) in [5, 5.41) is 2.87. The topological polar surface area (TPSA) is 29.1 Å². The third kappa shape index (κ3) is 2.51. The monoisotopic (exact) mass is 377 g/mol. The van der Waals surface area contributed by atoms with Crippen molar-refractivity contribution in [2.24, 2.45) is 0 Å². The smallest absolute Gasteiger partial charge is 0.256 e. The van der Waals surface area contributed by atoms with Gasteiger partial charge in [0.15, 0.2) is 0 Å². The second-order valence-corrected chi connectivity index (χ2v) is 6.09. The number of rotatable bonds is 1. The van der Waals surface area contributed by atoms with Crippen molar-refractivity contribution >= 4 is 55.1 Å². The maximum Gasteiger partial charge on any atom is 0.256 e. The predicted molar refractivity (Wildman–Crippen MR) is 84.8 cm³/mol. The van der Waals surface area contributed by atoms with Gasteiger partial charge in [0, 0.05) is 25.8 Å². The average Bonchev–Trinajstić information content (AvgIpc) is 2.65. The van der Waals surface area contributed by atoms with Crippen LogP contribution < -0.4 is 5.32 Å². The standard InChI is InChI=1S/C15H9Br2NO/c16-10-5-9(6-11(17)8-10)7-13-12-3-1-2-4-14(12)18-15(13)19/h1-8H,(H,18,19)/b13-7+. The Morgan fingerprint density at radius 2 is 1.68 bits per heavy atom. The summed E-state index contributed by atoms with van der Waals surface area (Å²) in [6.07, 6.45) is 1.90. The molecule has 4 heteroatoms. The highest BCUT2D eigenvalue weighted by Crippen LogP contribution is 2.33. The zero-order valence-corrected chi connectivity index (χ0v) is 13.0. The van der Waals surface area contributed by atoms with E-state index in [2.05, 4.69) is 37.2 Å². The van der Waals surface area contributed by atoms with E-state index in [0.29, 0.717) is 5.57 Å². The summed E-state index contributed by atoms with van der Waals surface area (Å²) in [4.78, 5) is 12.0. The fourth-order valence-electron chi connectivity index (χ4n) is 2.11. The summed E-state index contributed by atoms with van der Waals surface area (Å²) >= 11 is 6.90. The van der Waals surface area contributed by atoms with Crippen LogP contribution in [0.5, 0.6) is 0 Å². The Balaban J connectivity index is 2.11. The summed E-state index contributed by atoms with van der Waals surface area (Å²) in [6.45, 7) is 0. The van der Waals surface area contributed by atoms with Crippen LogP contribution >= 0.6 is 31.9 Å². The van der Waals surface area contributed by atoms with E-state index in [1.165, 1.54) is 0 Å². The van der Waals surface area contributed by atoms with Crippen molar-refractivity contribution in [3.8, 4) is 0 Å². The molecule has 0 atom stereocenters. The van der Waals surface area contributed by atoms with Crippen LogP contribution in [0.2, 0.25) is 0 Å². The van der Waals surface area contributed by atoms with E-state index in [4.69, 9.17) is 0 Å². The van der Waals surface area contributed by atoms with E-state index in [0.717, 1.165) is 25.8 Å². The van der Waals surface area contributed by atoms with Gasteiger partial charge in [-0.05, 0) is 35.9 Å². The summed E-state index contributed by atoms with van der Waals surface area (Å²) in [7, 11) is 0. The van der Waals surface area contributed by atoms with Crippen molar-refractivity contribution in [3.63, 3.8) is 0 Å². The molecule has 1 amide bonds. The molecule has 0 fully saturated rings. The van der Waals surface area contributed by atoms with Crippen LogP contribution in [0, 0.1) is 0 Å². The number of carbonyl (C=O) groups is 1. The lowest BCUT2D eigenvalue weighted by atomic mass is 10.0. The molecular weight excluding hydrogens is 370 g/mol. The molecule has 0 aliphatic carbocycles. The molecule has 3 rings (SSSR count). The Labute approximate surface area is 127 Å². The summed E-state index contributed by atoms with van der Waals surface area (Å²) in [6, 6.07) is 13.6. The first-order valence-corrected chi connectivity index (χ1v) is 7.30. The van der Waals surface area contributed by atoms with Crippen molar-refractivity contribution in [2.75, 3.05) is 5.32 Å². The quantitative estimate of drug-likeness (QED) is 0.715. The third-order valence-corrected chi connectivity index (χ3v) is 3.82. The van der Waals surface area contributed by atoms with Crippen molar-refractivity contribution < 1.29 is 4.79 Å². The second-order valence-electron chi connectivity index (χ2n) is 4.26. The number of nitrogens with one attached hydrogen (secondary N) is 1. The van der Waals surface area contributed by atoms with E-state index >= 15 is 0 Å². The maximum absolute atomic E-state index is 12.0. The summed E-state index contributed by atoms with van der Waals surface area (Å²) < 4.78 is 1.95. The number of halogens is 2. The first-order chi connectivity index (χ1) is 9.13. The Morgan fingerprint density at radius 1 is 1.00 bits per heavy atom. The molecule has 2 nitrogen and oxygen atoms in total. The normalized spacial score (nSPS) is 15.5. The number of benzene rings is 2. The zero-order valence-electron chi connectivity index (χ0n) is 9.78. The molecule has 2 aromatic carbocycles. The molecule has 0 saturated carbocycles. The van der Waals surface area contributed by atoms with Gasteiger partial charge in [-0.25, -0.2) is 0 Å². The van der Waals surface area contributed by atoms with Crippen LogP contribution in [-0.4, -0.2) is 5.91 Å². The summed E-state index contributed by atoms with van der Waals surface area (Å²) in [5.74, 6) is -0.0581. The highest BCUT2D eigenvalue weighted by atomic mass is 79.9. The van der Waals surface area contributed by atoms with Gasteiger partial charge in [0.25, 0.3) is 5.91 Å². The number of anilines is 1. The minimum atomic E-state index is -0.0581. The fraction of sp³-hybridized carbons (Fsp3) is 0. The number of amides is 1. The molecule has 1 heterocycles. The maximum atomic E-state index is 12.0. The number of para-hydroxylation sites is 1. The molecule has 0 bridgehead atoms. The van der Waals surface area contributed by atoms with Crippen LogP contribution in [0.15, 0.2) is 51.4 Å². The molecule has 0 radical (unpaired) electrons. The SMILES string of the molecule is O=C1Nc2ccccc2/C1=C\c1cc(Br)cc(Br)c1. The van der Waals surface area contributed by atoms with Crippen LogP contribution in [0.25, 0.3) is 11.6 Å². The van der Waals surface area contributed by atoms with Gasteiger partial charge in [0.05, 0.1) is 0 Å². The first-order valence-electron chi connectivity index (χ1n) is 5.72. The minimum absolute atomic E-state index is 0.0581. The molecule has 0 spiro atoms. The molecule has 2 aromatic rings. The molecule has 1 aliphatic heterocycles. The van der Waals surface area contributed by atoms with Crippen molar-refractivity contribution in [3.05, 3.63) is 62.5 Å². The van der Waals surface area contributed by atoms with Crippen molar-refractivity contribution in [1.82, 2.24) is 0 Å². The lowest BCUT2D eigenvalue weighted by Gasteiger charge is -2.00. The molecule has 19 heavy (non-hydrogen) atoms. The van der Waals surface area contributed by atoms with E-state index in [1.54, 1.807) is 0 Å². The van der Waals surface area contributed by atoms with Crippen LogP contribution in [0.4, 0.5) is 5.69 Å². The number of hydrogen-bond acceptors (Lipinski definition) is 1. The first kappa shape index (κ1) is 12.6. The molecule has 1 aliphatic rings. The van der Waals surface area contributed by atoms with E-state index in [-0.39, 0.29) is 5.91 Å². The van der Waals surface area contributed by atoms with E-state index < -0.39 is 0 Å². The average molecular weight is 379 g/mol. The van der Waals surface area contributed by atoms with Gasteiger partial charge < -0.3 is 5.32 Å². The van der Waals surface area contributed by atoms with Crippen molar-refractivity contribution in [1.29, 1.82) is 0 Å². The molecule has 0 aromatic heterocycles. The van der Waals surface area contributed by atoms with Crippen LogP contribution in [0.3, 0.4) is 0 Å². The predicted octanol–water partition coefficient (Wildman–Crippen LogP) is 4.70. The molecule has 1 N–H and O–H groups in total. The van der Waals surface area contributed by atoms with Gasteiger partial charge in [-0.3, -0.25) is 4.79 Å². The van der Waals surface area contributed by atoms with Gasteiger partial charge in [-0.15, -0.1) is 0 Å². The molecule has 0 saturated heterocycles. The number of fused-ring (bicyclic) bond motifs is 1. The highest BCUT2D eigenvalue weighted by Gasteiger charge is 2.23. The van der Waals surface area contributed by atoms with Gasteiger partial charge in [-0.1, -0.05) is 50.1 Å². The van der Waals surface area contributed by atoms with Crippen molar-refractivity contribution in [2.45, 2.75) is 0 Å². The Bertz CT molecular complexity index is 687. The van der Waals surface area contributed by atoms with Crippen LogP contribution in [-0.2, 0) is 4.79 Å². The fourth-order valence-corrected chi connectivity index (χ4v) is 3.44. The van der Waals surface area contributed by atoms with Gasteiger partial charge >= 0.3 is 0 Å². The Morgan fingerprint density at radius 3 is 2.42 bits per heavy atom. The third-order valence-electron chi connectivity index (χ3n) is 2.91. The molecule has 0 unspecified atom stereocenters. The lowest BCUT2D eigenvalue weighted by molar-refractivity contribution is -0.110. The van der Waals surface area contributed by atoms with Gasteiger partial charge in [0.1, 0.15) is 0 Å². The van der Waals surface area contributed by atoms with E-state index in [1.807, 2.05) is 48.5 Å². The zero-order chi connectivity index (χ0) is 13.4. The molecule has 94 valence electrons. The largest absolute Gasteiger partial charge is 0.321 e. The molecular formula is C15H9Br2NO. The van der Waals surface area contributed by atoms with Gasteiger partial charge in [0.2, 0.25) is 0 Å². The minimum Gasteiger partial charge on any atom is -0.321 e. The highest BCUT2D eigenvalue weighted by molar-refractivity contribution is 9.11. The van der Waals surface area contributed by atoms with Crippen LogP contribution in [0.1, 0.15) is 11.1 Å². The van der Waals surface area contributed by atoms with E-state index in [9.17, 15) is 4.79 Å². The Kier molecular flexibility index (Phi) is 3.29. The van der Waals surface area contributed by atoms with Gasteiger partial charge in [-0.2, -0.15) is 0 Å². The lowest BCUT2D eigenvalue weighted by Crippen LogP contribution is -2.03. The Hall–Kier alpha value is -1.39. The number of carbonyl (C=O) groups excluding carboxylic acids is 1. The number of hydrogen-bond donors (Lipinski definition) is 1. The summed E-state index contributed by atoms with van der Waals surface area (Å²) in [5.41, 5.74) is 3.49.